The highest BCUT2D eigenvalue weighted by Gasteiger charge is 2.59. The highest BCUT2D eigenvalue weighted by atomic mass is 16.4. The van der Waals surface area contributed by atoms with Gasteiger partial charge in [0.15, 0.2) is 0 Å². The Kier molecular flexibility index (Phi) is 5.57. The number of carbonyl (C=O) groups is 2. The van der Waals surface area contributed by atoms with Crippen LogP contribution in [0.15, 0.2) is 0 Å². The summed E-state index contributed by atoms with van der Waals surface area (Å²) in [5.41, 5.74) is 0.977. The molecule has 7 atom stereocenters. The van der Waals surface area contributed by atoms with E-state index in [2.05, 4.69) is 20.8 Å². The highest BCUT2D eigenvalue weighted by molar-refractivity contribution is 5.82. The minimum Gasteiger partial charge on any atom is -0.481 e. The number of carboxylic acids is 1. The van der Waals surface area contributed by atoms with Crippen LogP contribution in [0.3, 0.4) is 0 Å². The van der Waals surface area contributed by atoms with Crippen LogP contribution < -0.4 is 0 Å². The molecule has 4 saturated carbocycles. The molecule has 0 amide bonds. The first-order valence-corrected chi connectivity index (χ1v) is 11.0. The van der Waals surface area contributed by atoms with E-state index in [0.29, 0.717) is 22.5 Å². The number of Topliss-reactive ketones (excluding diaryl/α,β-unsaturated/α-hetero) is 1. The largest absolute Gasteiger partial charge is 0.481 e. The molecular weight excluding hydrogens is 324 g/mol. The lowest BCUT2D eigenvalue weighted by Crippen LogP contribution is -2.54. The molecule has 0 aliphatic heterocycles. The van der Waals surface area contributed by atoms with Crippen molar-refractivity contribution in [1.82, 2.24) is 0 Å². The molecule has 0 bridgehead atoms. The van der Waals surface area contributed by atoms with Crippen molar-refractivity contribution in [3.05, 3.63) is 0 Å². The van der Waals surface area contributed by atoms with E-state index in [4.69, 9.17) is 5.11 Å². The zero-order chi connectivity index (χ0) is 19.1. The normalized spacial score (nSPS) is 47.1. The van der Waals surface area contributed by atoms with Crippen LogP contribution in [0.25, 0.3) is 0 Å². The van der Waals surface area contributed by atoms with Crippen molar-refractivity contribution in [2.75, 3.05) is 0 Å². The average molecular weight is 363 g/mol. The van der Waals surface area contributed by atoms with Gasteiger partial charge in [0.1, 0.15) is 5.78 Å². The average Bonchev–Trinajstić information content (AvgIpc) is 2.90. The van der Waals surface area contributed by atoms with Crippen LogP contribution in [0.1, 0.15) is 91.9 Å². The molecule has 0 radical (unpaired) electrons. The van der Waals surface area contributed by atoms with Crippen LogP contribution >= 0.6 is 0 Å². The lowest BCUT2D eigenvalue weighted by atomic mass is 9.44. The van der Waals surface area contributed by atoms with Crippen LogP contribution in [0.5, 0.6) is 0 Å². The van der Waals surface area contributed by atoms with Crippen LogP contribution in [0, 0.1) is 40.4 Å². The lowest BCUT2D eigenvalue weighted by Gasteiger charge is -2.60. The number of aliphatic carboxylic acids is 1. The summed E-state index contributed by atoms with van der Waals surface area (Å²) in [7, 11) is 0. The van der Waals surface area contributed by atoms with Gasteiger partial charge in [-0.05, 0) is 85.9 Å². The number of hydrogen-bond donors (Lipinski definition) is 1. The number of rotatable bonds is 1. The third-order valence-corrected chi connectivity index (χ3v) is 8.85. The van der Waals surface area contributed by atoms with Gasteiger partial charge in [0.2, 0.25) is 0 Å². The van der Waals surface area contributed by atoms with Crippen molar-refractivity contribution in [3.8, 4) is 0 Å². The Morgan fingerprint density at radius 2 is 1.77 bits per heavy atom. The maximum absolute atomic E-state index is 12.5. The highest BCUT2D eigenvalue weighted by Crippen LogP contribution is 2.66. The molecular formula is C23H38O3. The van der Waals surface area contributed by atoms with Crippen molar-refractivity contribution in [2.45, 2.75) is 91.9 Å². The summed E-state index contributed by atoms with van der Waals surface area (Å²) in [6, 6.07) is 0. The maximum atomic E-state index is 12.5. The molecule has 1 unspecified atom stereocenters. The zero-order valence-electron chi connectivity index (χ0n) is 17.2. The first-order valence-electron chi connectivity index (χ1n) is 11.0. The summed E-state index contributed by atoms with van der Waals surface area (Å²) >= 11 is 0. The molecule has 148 valence electrons. The molecule has 3 heteroatoms. The molecule has 0 aromatic carbocycles. The van der Waals surface area contributed by atoms with E-state index in [-0.39, 0.29) is 6.42 Å². The maximum Gasteiger partial charge on any atom is 0.303 e. The van der Waals surface area contributed by atoms with Gasteiger partial charge < -0.3 is 5.11 Å². The number of ketones is 1. The van der Waals surface area contributed by atoms with Crippen molar-refractivity contribution in [3.63, 3.8) is 0 Å². The lowest BCUT2D eigenvalue weighted by molar-refractivity contribution is -0.148. The van der Waals surface area contributed by atoms with E-state index < -0.39 is 5.97 Å². The SMILES string of the molecule is CC1CC[C@@]2(C)CC[C@H]3[C@@H](CC[C@H]4C(=O)CCC[C@@]43C)[C@H]12.CCC(=O)O. The van der Waals surface area contributed by atoms with Gasteiger partial charge in [0.05, 0.1) is 0 Å². The van der Waals surface area contributed by atoms with Crippen LogP contribution in [-0.4, -0.2) is 16.9 Å². The molecule has 4 aliphatic carbocycles. The second-order valence-corrected chi connectivity index (χ2v) is 10.2. The van der Waals surface area contributed by atoms with Gasteiger partial charge in [-0.3, -0.25) is 9.59 Å². The smallest absolute Gasteiger partial charge is 0.303 e. The molecule has 0 saturated heterocycles. The fraction of sp³-hybridized carbons (Fsp3) is 0.913. The predicted molar refractivity (Wildman–Crippen MR) is 104 cm³/mol. The molecule has 0 aromatic heterocycles. The van der Waals surface area contributed by atoms with Crippen LogP contribution in [-0.2, 0) is 9.59 Å². The monoisotopic (exact) mass is 362 g/mol. The number of carbonyl (C=O) groups excluding carboxylic acids is 1. The van der Waals surface area contributed by atoms with Gasteiger partial charge in [-0.2, -0.15) is 0 Å². The molecule has 4 rings (SSSR count). The van der Waals surface area contributed by atoms with Gasteiger partial charge in [0, 0.05) is 18.8 Å². The van der Waals surface area contributed by atoms with Gasteiger partial charge in [0.25, 0.3) is 0 Å². The summed E-state index contributed by atoms with van der Waals surface area (Å²) < 4.78 is 0. The van der Waals surface area contributed by atoms with Crippen LogP contribution in [0.2, 0.25) is 0 Å². The summed E-state index contributed by atoms with van der Waals surface area (Å²) in [4.78, 5) is 21.8. The van der Waals surface area contributed by atoms with Crippen molar-refractivity contribution in [2.24, 2.45) is 40.4 Å². The Morgan fingerprint density at radius 3 is 2.42 bits per heavy atom. The zero-order valence-corrected chi connectivity index (χ0v) is 17.2. The molecule has 1 N–H and O–H groups in total. The van der Waals surface area contributed by atoms with Crippen molar-refractivity contribution < 1.29 is 14.7 Å². The summed E-state index contributed by atoms with van der Waals surface area (Å²) in [6.45, 7) is 9.19. The van der Waals surface area contributed by atoms with E-state index in [9.17, 15) is 9.59 Å². The Bertz CT molecular complexity index is 556. The first kappa shape index (κ1) is 19.9. The molecule has 0 heterocycles. The molecule has 4 aliphatic rings. The molecule has 4 fully saturated rings. The fourth-order valence-electron chi connectivity index (χ4n) is 7.62. The number of carboxylic acid groups (broad SMARTS) is 1. The predicted octanol–water partition coefficient (Wildman–Crippen LogP) is 5.72. The van der Waals surface area contributed by atoms with Gasteiger partial charge >= 0.3 is 5.97 Å². The van der Waals surface area contributed by atoms with E-state index >= 15 is 0 Å². The van der Waals surface area contributed by atoms with Gasteiger partial charge in [-0.25, -0.2) is 0 Å². The van der Waals surface area contributed by atoms with Crippen molar-refractivity contribution in [1.29, 1.82) is 0 Å². The fourth-order valence-corrected chi connectivity index (χ4v) is 7.62. The van der Waals surface area contributed by atoms with Crippen molar-refractivity contribution >= 4 is 11.8 Å². The van der Waals surface area contributed by atoms with Gasteiger partial charge in [-0.1, -0.05) is 27.7 Å². The Balaban J connectivity index is 0.000000349. The summed E-state index contributed by atoms with van der Waals surface area (Å²) in [5, 5.41) is 7.72. The van der Waals surface area contributed by atoms with E-state index in [0.717, 1.165) is 36.5 Å². The molecule has 3 nitrogen and oxygen atoms in total. The standard InChI is InChI=1S/C20H32O.C3H6O2/c1-13-8-11-19(2)12-9-15-14(18(13)19)6-7-16-17(21)5-4-10-20(15,16)3;1-2-3(4)5/h13-16,18H,4-12H2,1-3H3;2H2,1H3,(H,4,5)/t13?,14-,15+,16+,18+,19+,20-;/m1./s1. The molecule has 26 heavy (non-hydrogen) atoms. The third kappa shape index (κ3) is 3.24. The Morgan fingerprint density at radius 1 is 1.12 bits per heavy atom. The summed E-state index contributed by atoms with van der Waals surface area (Å²) in [5.74, 6) is 3.91. The second-order valence-electron chi connectivity index (χ2n) is 10.2. The topological polar surface area (TPSA) is 54.4 Å². The minimum absolute atomic E-state index is 0.222. The van der Waals surface area contributed by atoms with E-state index in [1.165, 1.54) is 44.9 Å². The van der Waals surface area contributed by atoms with Gasteiger partial charge in [-0.15, -0.1) is 0 Å². The Hall–Kier alpha value is -0.860. The van der Waals surface area contributed by atoms with E-state index in [1.807, 2.05) is 0 Å². The Labute approximate surface area is 159 Å². The molecule has 0 aromatic rings. The quantitative estimate of drug-likeness (QED) is 0.649. The minimum atomic E-state index is -0.745. The number of fused-ring (bicyclic) bond motifs is 5. The first-order chi connectivity index (χ1) is 12.2. The summed E-state index contributed by atoms with van der Waals surface area (Å²) in [6.07, 6.45) is 11.9. The molecule has 0 spiro atoms. The third-order valence-electron chi connectivity index (χ3n) is 8.85. The van der Waals surface area contributed by atoms with Crippen LogP contribution in [0.4, 0.5) is 0 Å². The number of hydrogen-bond acceptors (Lipinski definition) is 2. The second kappa shape index (κ2) is 7.28. The van der Waals surface area contributed by atoms with E-state index in [1.54, 1.807) is 6.92 Å².